The molecule has 0 aliphatic heterocycles. The standard InChI is InChI=1S/C11H12OS/c1-8-3-5-10(6-4-8)11(12)7-9(2)13/h3-6H,7H2,1-2H3. The zero-order valence-electron chi connectivity index (χ0n) is 7.83. The van der Waals surface area contributed by atoms with Gasteiger partial charge in [-0.3, -0.25) is 4.79 Å². The summed E-state index contributed by atoms with van der Waals surface area (Å²) in [7, 11) is 0. The molecule has 0 radical (unpaired) electrons. The second-order valence-corrected chi connectivity index (χ2v) is 3.86. The van der Waals surface area contributed by atoms with Crippen LogP contribution < -0.4 is 0 Å². The van der Waals surface area contributed by atoms with E-state index < -0.39 is 0 Å². The van der Waals surface area contributed by atoms with Crippen LogP contribution in [0.5, 0.6) is 0 Å². The van der Waals surface area contributed by atoms with E-state index in [1.807, 2.05) is 31.2 Å². The first-order chi connectivity index (χ1) is 6.09. The molecular formula is C11H12OS. The third-order valence-electron chi connectivity index (χ3n) is 1.78. The number of benzene rings is 1. The largest absolute Gasteiger partial charge is 0.294 e. The summed E-state index contributed by atoms with van der Waals surface area (Å²) < 4.78 is 0. The smallest absolute Gasteiger partial charge is 0.167 e. The maximum absolute atomic E-state index is 11.5. The lowest BCUT2D eigenvalue weighted by Gasteiger charge is -1.99. The Morgan fingerprint density at radius 3 is 2.31 bits per heavy atom. The Kier molecular flexibility index (Phi) is 3.32. The predicted molar refractivity (Wildman–Crippen MR) is 58.4 cm³/mol. The van der Waals surface area contributed by atoms with Crippen LogP contribution in [0, 0.1) is 6.92 Å². The molecule has 68 valence electrons. The molecule has 0 saturated heterocycles. The predicted octanol–water partition coefficient (Wildman–Crippen LogP) is 2.96. The van der Waals surface area contributed by atoms with Gasteiger partial charge in [0.2, 0.25) is 0 Å². The van der Waals surface area contributed by atoms with Gasteiger partial charge in [0.1, 0.15) is 0 Å². The topological polar surface area (TPSA) is 17.1 Å². The fourth-order valence-electron chi connectivity index (χ4n) is 1.07. The van der Waals surface area contributed by atoms with Crippen molar-refractivity contribution >= 4 is 22.9 Å². The number of thiocarbonyl (C=S) groups is 1. The van der Waals surface area contributed by atoms with Crippen LogP contribution in [0.2, 0.25) is 0 Å². The van der Waals surface area contributed by atoms with E-state index in [-0.39, 0.29) is 5.78 Å². The fourth-order valence-corrected chi connectivity index (χ4v) is 1.20. The van der Waals surface area contributed by atoms with Crippen LogP contribution in [-0.2, 0) is 0 Å². The maximum Gasteiger partial charge on any atom is 0.167 e. The van der Waals surface area contributed by atoms with Crippen LogP contribution in [0.3, 0.4) is 0 Å². The van der Waals surface area contributed by atoms with E-state index in [9.17, 15) is 4.79 Å². The minimum Gasteiger partial charge on any atom is -0.294 e. The molecule has 0 saturated carbocycles. The molecule has 1 aromatic rings. The molecule has 0 spiro atoms. The van der Waals surface area contributed by atoms with Crippen LogP contribution in [-0.4, -0.2) is 10.6 Å². The van der Waals surface area contributed by atoms with Crippen molar-refractivity contribution in [2.75, 3.05) is 0 Å². The van der Waals surface area contributed by atoms with Gasteiger partial charge < -0.3 is 0 Å². The van der Waals surface area contributed by atoms with E-state index in [1.54, 1.807) is 6.92 Å². The molecule has 1 aromatic carbocycles. The Balaban J connectivity index is 2.78. The Bertz CT molecular complexity index is 324. The first-order valence-electron chi connectivity index (χ1n) is 4.19. The first kappa shape index (κ1) is 10.1. The van der Waals surface area contributed by atoms with Gasteiger partial charge in [-0.25, -0.2) is 0 Å². The van der Waals surface area contributed by atoms with E-state index in [4.69, 9.17) is 12.2 Å². The van der Waals surface area contributed by atoms with Crippen LogP contribution in [0.15, 0.2) is 24.3 Å². The molecule has 1 nitrogen and oxygen atoms in total. The average Bonchev–Trinajstić information content (AvgIpc) is 2.04. The lowest BCUT2D eigenvalue weighted by atomic mass is 10.1. The molecule has 0 unspecified atom stereocenters. The van der Waals surface area contributed by atoms with Gasteiger partial charge >= 0.3 is 0 Å². The Morgan fingerprint density at radius 2 is 1.85 bits per heavy atom. The van der Waals surface area contributed by atoms with E-state index in [0.29, 0.717) is 6.42 Å². The quantitative estimate of drug-likeness (QED) is 0.541. The minimum absolute atomic E-state index is 0.104. The summed E-state index contributed by atoms with van der Waals surface area (Å²) >= 11 is 4.88. The Morgan fingerprint density at radius 1 is 1.31 bits per heavy atom. The van der Waals surface area contributed by atoms with Gasteiger partial charge in [-0.15, -0.1) is 0 Å². The van der Waals surface area contributed by atoms with Gasteiger partial charge in [-0.2, -0.15) is 0 Å². The van der Waals surface area contributed by atoms with Crippen LogP contribution in [0.4, 0.5) is 0 Å². The molecule has 0 amide bonds. The minimum atomic E-state index is 0.104. The van der Waals surface area contributed by atoms with Gasteiger partial charge in [0.25, 0.3) is 0 Å². The van der Waals surface area contributed by atoms with Gasteiger partial charge in [-0.1, -0.05) is 42.0 Å². The van der Waals surface area contributed by atoms with Gasteiger partial charge in [0.05, 0.1) is 0 Å². The van der Waals surface area contributed by atoms with Crippen molar-refractivity contribution in [2.24, 2.45) is 0 Å². The van der Waals surface area contributed by atoms with Crippen molar-refractivity contribution in [3.05, 3.63) is 35.4 Å². The number of carbonyl (C=O) groups is 1. The second-order valence-electron chi connectivity index (χ2n) is 3.17. The third kappa shape index (κ3) is 3.07. The lowest BCUT2D eigenvalue weighted by Crippen LogP contribution is -2.03. The van der Waals surface area contributed by atoms with Gasteiger partial charge in [0.15, 0.2) is 5.78 Å². The Labute approximate surface area is 83.8 Å². The van der Waals surface area contributed by atoms with Gasteiger partial charge in [0, 0.05) is 12.0 Å². The number of hydrogen-bond acceptors (Lipinski definition) is 2. The molecule has 0 aromatic heterocycles. The zero-order valence-corrected chi connectivity index (χ0v) is 8.65. The van der Waals surface area contributed by atoms with E-state index in [0.717, 1.165) is 16.0 Å². The average molecular weight is 192 g/mol. The molecule has 0 bridgehead atoms. The summed E-state index contributed by atoms with van der Waals surface area (Å²) in [6.45, 7) is 3.79. The van der Waals surface area contributed by atoms with Crippen molar-refractivity contribution in [3.8, 4) is 0 Å². The number of carbonyl (C=O) groups excluding carboxylic acids is 1. The molecular weight excluding hydrogens is 180 g/mol. The monoisotopic (exact) mass is 192 g/mol. The molecule has 0 heterocycles. The highest BCUT2D eigenvalue weighted by Crippen LogP contribution is 2.06. The van der Waals surface area contributed by atoms with Crippen molar-refractivity contribution in [1.82, 2.24) is 0 Å². The molecule has 0 aliphatic rings. The fraction of sp³-hybridized carbons (Fsp3) is 0.273. The van der Waals surface area contributed by atoms with E-state index in [2.05, 4.69) is 0 Å². The number of rotatable bonds is 3. The Hall–Kier alpha value is -1.02. The van der Waals surface area contributed by atoms with E-state index >= 15 is 0 Å². The van der Waals surface area contributed by atoms with Gasteiger partial charge in [-0.05, 0) is 18.7 Å². The molecule has 0 N–H and O–H groups in total. The van der Waals surface area contributed by atoms with Crippen LogP contribution >= 0.6 is 12.2 Å². The van der Waals surface area contributed by atoms with Crippen LogP contribution in [0.1, 0.15) is 29.3 Å². The van der Waals surface area contributed by atoms with Crippen molar-refractivity contribution in [3.63, 3.8) is 0 Å². The number of Topliss-reactive ketones (excluding diaryl/α,β-unsaturated/α-hetero) is 1. The SMILES string of the molecule is CC(=S)CC(=O)c1ccc(C)cc1. The molecule has 13 heavy (non-hydrogen) atoms. The molecule has 0 aliphatic carbocycles. The number of aryl methyl sites for hydroxylation is 1. The van der Waals surface area contributed by atoms with Crippen LogP contribution in [0.25, 0.3) is 0 Å². The zero-order chi connectivity index (χ0) is 9.84. The summed E-state index contributed by atoms with van der Waals surface area (Å²) in [5.74, 6) is 0.104. The summed E-state index contributed by atoms with van der Waals surface area (Å²) in [6, 6.07) is 7.56. The highest BCUT2D eigenvalue weighted by atomic mass is 32.1. The van der Waals surface area contributed by atoms with E-state index in [1.165, 1.54) is 0 Å². The maximum atomic E-state index is 11.5. The summed E-state index contributed by atoms with van der Waals surface area (Å²) in [5.41, 5.74) is 1.91. The number of hydrogen-bond donors (Lipinski definition) is 0. The molecule has 0 atom stereocenters. The molecule has 2 heteroatoms. The molecule has 1 rings (SSSR count). The van der Waals surface area contributed by atoms with Crippen molar-refractivity contribution in [1.29, 1.82) is 0 Å². The summed E-state index contributed by atoms with van der Waals surface area (Å²) in [4.78, 5) is 12.2. The number of ketones is 1. The molecule has 0 fully saturated rings. The summed E-state index contributed by atoms with van der Waals surface area (Å²) in [6.07, 6.45) is 0.373. The second kappa shape index (κ2) is 4.28. The van der Waals surface area contributed by atoms with Crippen molar-refractivity contribution in [2.45, 2.75) is 20.3 Å². The third-order valence-corrected chi connectivity index (χ3v) is 1.93. The summed E-state index contributed by atoms with van der Waals surface area (Å²) in [5, 5.41) is 0. The highest BCUT2D eigenvalue weighted by Gasteiger charge is 2.05. The normalized spacial score (nSPS) is 9.69. The highest BCUT2D eigenvalue weighted by molar-refractivity contribution is 7.80. The van der Waals surface area contributed by atoms with Crippen molar-refractivity contribution < 1.29 is 4.79 Å². The first-order valence-corrected chi connectivity index (χ1v) is 4.59. The lowest BCUT2D eigenvalue weighted by molar-refractivity contribution is 0.100.